The number of benzene rings is 2. The molecule has 1 heterocycles. The first kappa shape index (κ1) is 16.1. The fourth-order valence-corrected chi connectivity index (χ4v) is 3.38. The summed E-state index contributed by atoms with van der Waals surface area (Å²) in [6, 6.07) is 13.7. The van der Waals surface area contributed by atoms with Crippen LogP contribution in [0.25, 0.3) is 0 Å². The van der Waals surface area contributed by atoms with Crippen LogP contribution in [0.2, 0.25) is 0 Å². The van der Waals surface area contributed by atoms with Crippen LogP contribution in [-0.2, 0) is 11.8 Å². The van der Waals surface area contributed by atoms with E-state index in [9.17, 15) is 0 Å². The average Bonchev–Trinajstić information content (AvgIpc) is 2.52. The first-order chi connectivity index (χ1) is 10.9. The summed E-state index contributed by atoms with van der Waals surface area (Å²) < 4.78 is 5.38. The van der Waals surface area contributed by atoms with Gasteiger partial charge in [0.05, 0.1) is 13.2 Å². The van der Waals surface area contributed by atoms with E-state index < -0.39 is 0 Å². The van der Waals surface area contributed by atoms with Gasteiger partial charge >= 0.3 is 0 Å². The molecule has 2 aromatic rings. The Balaban J connectivity index is 2.06. The van der Waals surface area contributed by atoms with Crippen LogP contribution in [0.4, 0.5) is 0 Å². The summed E-state index contributed by atoms with van der Waals surface area (Å²) in [7, 11) is 1.73. The number of fused-ring (bicyclic) bond motifs is 1. The normalized spacial score (nSPS) is 17.7. The second-order valence-corrected chi connectivity index (χ2v) is 7.58. The highest BCUT2D eigenvalue weighted by atomic mass is 16.5. The van der Waals surface area contributed by atoms with Crippen LogP contribution >= 0.6 is 0 Å². The number of hydrogen-bond acceptors (Lipinski definition) is 2. The van der Waals surface area contributed by atoms with Crippen molar-refractivity contribution < 1.29 is 4.74 Å². The summed E-state index contributed by atoms with van der Waals surface area (Å²) in [5, 5.41) is 3.69. The van der Waals surface area contributed by atoms with E-state index in [1.54, 1.807) is 7.11 Å². The van der Waals surface area contributed by atoms with Crippen LogP contribution in [0.5, 0.6) is 5.75 Å². The van der Waals surface area contributed by atoms with Crippen molar-refractivity contribution in [1.82, 2.24) is 5.32 Å². The molecule has 0 saturated heterocycles. The predicted molar refractivity (Wildman–Crippen MR) is 96.4 cm³/mol. The summed E-state index contributed by atoms with van der Waals surface area (Å²) in [6.45, 7) is 10.0. The summed E-state index contributed by atoms with van der Waals surface area (Å²) in [5.41, 5.74) is 7.03. The van der Waals surface area contributed by atoms with E-state index >= 15 is 0 Å². The van der Waals surface area contributed by atoms with Gasteiger partial charge in [-0.25, -0.2) is 0 Å². The zero-order valence-electron chi connectivity index (χ0n) is 14.9. The van der Waals surface area contributed by atoms with E-state index in [0.717, 1.165) is 18.7 Å². The maximum absolute atomic E-state index is 5.38. The van der Waals surface area contributed by atoms with E-state index in [0.29, 0.717) is 0 Å². The standard InChI is InChI=1S/C21H27NO/c1-14-10-16(12-17(11-14)21(2,3)4)20-19-7-6-18(23-5)13-15(19)8-9-22-20/h6-7,10-13,20,22H,8-9H2,1-5H3. The molecule has 3 rings (SSSR count). The Morgan fingerprint density at radius 2 is 1.87 bits per heavy atom. The van der Waals surface area contributed by atoms with Crippen molar-refractivity contribution in [3.63, 3.8) is 0 Å². The van der Waals surface area contributed by atoms with Gasteiger partial charge in [0.15, 0.2) is 0 Å². The monoisotopic (exact) mass is 309 g/mol. The third kappa shape index (κ3) is 3.28. The van der Waals surface area contributed by atoms with Gasteiger partial charge in [-0.2, -0.15) is 0 Å². The van der Waals surface area contributed by atoms with Crippen LogP contribution in [0, 0.1) is 6.92 Å². The van der Waals surface area contributed by atoms with Gasteiger partial charge in [0.2, 0.25) is 0 Å². The number of nitrogens with one attached hydrogen (secondary N) is 1. The van der Waals surface area contributed by atoms with Gasteiger partial charge in [0.1, 0.15) is 5.75 Å². The summed E-state index contributed by atoms with van der Waals surface area (Å²) >= 11 is 0. The second kappa shape index (κ2) is 6.01. The molecular weight excluding hydrogens is 282 g/mol. The summed E-state index contributed by atoms with van der Waals surface area (Å²) in [4.78, 5) is 0. The zero-order valence-corrected chi connectivity index (χ0v) is 14.9. The average molecular weight is 309 g/mol. The highest BCUT2D eigenvalue weighted by Gasteiger charge is 2.23. The topological polar surface area (TPSA) is 21.3 Å². The molecule has 0 radical (unpaired) electrons. The largest absolute Gasteiger partial charge is 0.497 e. The highest BCUT2D eigenvalue weighted by molar-refractivity contribution is 5.45. The van der Waals surface area contributed by atoms with Crippen molar-refractivity contribution in [2.45, 2.75) is 45.6 Å². The number of methoxy groups -OCH3 is 1. The second-order valence-electron chi connectivity index (χ2n) is 7.58. The maximum atomic E-state index is 5.38. The molecule has 1 aliphatic rings. The van der Waals surface area contributed by atoms with E-state index in [-0.39, 0.29) is 11.5 Å². The molecule has 1 N–H and O–H groups in total. The first-order valence-corrected chi connectivity index (χ1v) is 8.41. The maximum Gasteiger partial charge on any atom is 0.119 e. The van der Waals surface area contributed by atoms with Gasteiger partial charge in [-0.05, 0) is 53.1 Å². The van der Waals surface area contributed by atoms with Gasteiger partial charge in [0.25, 0.3) is 0 Å². The molecule has 0 amide bonds. The quantitative estimate of drug-likeness (QED) is 0.879. The van der Waals surface area contributed by atoms with E-state index in [1.165, 1.54) is 27.8 Å². The molecule has 23 heavy (non-hydrogen) atoms. The summed E-state index contributed by atoms with van der Waals surface area (Å²) in [5.74, 6) is 0.948. The molecule has 0 saturated carbocycles. The molecule has 0 fully saturated rings. The van der Waals surface area contributed by atoms with Crippen molar-refractivity contribution in [2.24, 2.45) is 0 Å². The lowest BCUT2D eigenvalue weighted by atomic mass is 9.82. The Hall–Kier alpha value is -1.80. The molecule has 0 aromatic heterocycles. The molecule has 2 aromatic carbocycles. The highest BCUT2D eigenvalue weighted by Crippen LogP contribution is 2.34. The third-order valence-corrected chi connectivity index (χ3v) is 4.70. The van der Waals surface area contributed by atoms with Crippen molar-refractivity contribution in [1.29, 1.82) is 0 Å². The van der Waals surface area contributed by atoms with Crippen LogP contribution in [0.15, 0.2) is 36.4 Å². The Kier molecular flexibility index (Phi) is 4.20. The molecule has 0 aliphatic carbocycles. The van der Waals surface area contributed by atoms with Crippen LogP contribution in [0.1, 0.15) is 54.6 Å². The lowest BCUT2D eigenvalue weighted by Gasteiger charge is -2.29. The zero-order chi connectivity index (χ0) is 16.6. The van der Waals surface area contributed by atoms with E-state index in [4.69, 9.17) is 4.74 Å². The SMILES string of the molecule is COc1ccc2c(c1)CCNC2c1cc(C)cc(C(C)(C)C)c1. The fraction of sp³-hybridized carbons (Fsp3) is 0.429. The number of rotatable bonds is 2. The van der Waals surface area contributed by atoms with E-state index in [1.807, 2.05) is 0 Å². The van der Waals surface area contributed by atoms with Crippen molar-refractivity contribution in [3.05, 3.63) is 64.2 Å². The lowest BCUT2D eigenvalue weighted by molar-refractivity contribution is 0.413. The predicted octanol–water partition coefficient (Wildman–Crippen LogP) is 4.54. The Morgan fingerprint density at radius 1 is 1.09 bits per heavy atom. The Labute approximate surface area is 139 Å². The molecule has 2 nitrogen and oxygen atoms in total. The first-order valence-electron chi connectivity index (χ1n) is 8.41. The molecular formula is C21H27NO. The van der Waals surface area contributed by atoms with Gasteiger partial charge < -0.3 is 10.1 Å². The lowest BCUT2D eigenvalue weighted by Crippen LogP contribution is -2.31. The number of aryl methyl sites for hydroxylation is 1. The van der Waals surface area contributed by atoms with Gasteiger partial charge in [-0.1, -0.05) is 50.6 Å². The molecule has 2 heteroatoms. The Bertz CT molecular complexity index is 712. The van der Waals surface area contributed by atoms with Crippen molar-refractivity contribution in [3.8, 4) is 5.75 Å². The van der Waals surface area contributed by atoms with Crippen molar-refractivity contribution >= 4 is 0 Å². The molecule has 1 aliphatic heterocycles. The fourth-order valence-electron chi connectivity index (χ4n) is 3.38. The summed E-state index contributed by atoms with van der Waals surface area (Å²) in [6.07, 6.45) is 1.06. The minimum absolute atomic E-state index is 0.165. The smallest absolute Gasteiger partial charge is 0.119 e. The van der Waals surface area contributed by atoms with E-state index in [2.05, 4.69) is 69.4 Å². The Morgan fingerprint density at radius 3 is 2.57 bits per heavy atom. The molecule has 122 valence electrons. The molecule has 1 atom stereocenters. The third-order valence-electron chi connectivity index (χ3n) is 4.70. The van der Waals surface area contributed by atoms with Crippen LogP contribution < -0.4 is 10.1 Å². The number of ether oxygens (including phenoxy) is 1. The van der Waals surface area contributed by atoms with Gasteiger partial charge in [0, 0.05) is 6.54 Å². The van der Waals surface area contributed by atoms with Gasteiger partial charge in [-0.15, -0.1) is 0 Å². The molecule has 1 unspecified atom stereocenters. The van der Waals surface area contributed by atoms with Gasteiger partial charge in [-0.3, -0.25) is 0 Å². The minimum atomic E-state index is 0.165. The molecule has 0 spiro atoms. The van der Waals surface area contributed by atoms with Crippen LogP contribution in [-0.4, -0.2) is 13.7 Å². The van der Waals surface area contributed by atoms with Crippen LogP contribution in [0.3, 0.4) is 0 Å². The van der Waals surface area contributed by atoms with Crippen molar-refractivity contribution in [2.75, 3.05) is 13.7 Å². The molecule has 0 bridgehead atoms. The number of hydrogen-bond donors (Lipinski definition) is 1. The minimum Gasteiger partial charge on any atom is -0.497 e.